The van der Waals surface area contributed by atoms with Crippen molar-refractivity contribution >= 4 is 51.6 Å². The van der Waals surface area contributed by atoms with Gasteiger partial charge in [0.05, 0.1) is 5.57 Å². The molecule has 0 bridgehead atoms. The van der Waals surface area contributed by atoms with Gasteiger partial charge < -0.3 is 4.42 Å². The number of amidine groups is 2. The fourth-order valence-corrected chi connectivity index (χ4v) is 5.49. The van der Waals surface area contributed by atoms with Crippen LogP contribution in [0, 0.1) is 5.41 Å². The van der Waals surface area contributed by atoms with Crippen molar-refractivity contribution in [1.29, 1.82) is 5.41 Å². The molecule has 27 heavy (non-hydrogen) atoms. The van der Waals surface area contributed by atoms with E-state index >= 15 is 0 Å². The maximum atomic E-state index is 12.4. The molecule has 6 nitrogen and oxygen atoms in total. The summed E-state index contributed by atoms with van der Waals surface area (Å²) in [7, 11) is 0. The summed E-state index contributed by atoms with van der Waals surface area (Å²) in [5.41, 5.74) is 0.212. The second-order valence-corrected chi connectivity index (χ2v) is 9.14. The van der Waals surface area contributed by atoms with Crippen LogP contribution in [0.4, 0.5) is 0 Å². The maximum absolute atomic E-state index is 12.4. The molecular weight excluding hydrogens is 380 g/mol. The highest BCUT2D eigenvalue weighted by atomic mass is 32.2. The van der Waals surface area contributed by atoms with Crippen LogP contribution in [0.15, 0.2) is 37.3 Å². The largest absolute Gasteiger partial charge is 0.450 e. The number of amides is 1. The Labute approximate surface area is 167 Å². The topological polar surface area (TPSA) is 82.0 Å². The molecule has 1 N–H and O–H groups in total. The molecule has 1 saturated carbocycles. The summed E-state index contributed by atoms with van der Waals surface area (Å²) in [5, 5.41) is 17.1. The van der Waals surface area contributed by atoms with E-state index in [1.165, 1.54) is 48.9 Å². The second kappa shape index (κ2) is 8.06. The number of hydrazone groups is 1. The molecule has 1 aromatic rings. The summed E-state index contributed by atoms with van der Waals surface area (Å²) in [6.45, 7) is 2.07. The highest BCUT2D eigenvalue weighted by molar-refractivity contribution is 8.26. The Kier molecular flexibility index (Phi) is 5.54. The van der Waals surface area contributed by atoms with E-state index in [0.29, 0.717) is 16.2 Å². The highest BCUT2D eigenvalue weighted by Gasteiger charge is 2.35. The van der Waals surface area contributed by atoms with Crippen LogP contribution in [0.25, 0.3) is 6.08 Å². The van der Waals surface area contributed by atoms with Gasteiger partial charge in [0.2, 0.25) is 5.17 Å². The number of thioether (sulfide) groups is 2. The fourth-order valence-electron chi connectivity index (χ4n) is 3.31. The van der Waals surface area contributed by atoms with E-state index in [1.807, 2.05) is 12.1 Å². The van der Waals surface area contributed by atoms with Gasteiger partial charge in [-0.2, -0.15) is 15.1 Å². The molecule has 142 valence electrons. The SMILES string of the molecule is CCCC1=NN2C(=N)/C(=C/c3ccc(SC4CCCCC4)o3)C(=O)N=C2S1. The number of nitrogens with zero attached hydrogens (tertiary/aromatic N) is 3. The zero-order valence-electron chi connectivity index (χ0n) is 15.2. The van der Waals surface area contributed by atoms with Gasteiger partial charge in [0.25, 0.3) is 5.91 Å². The average molecular weight is 403 g/mol. The lowest BCUT2D eigenvalue weighted by molar-refractivity contribution is -0.114. The third kappa shape index (κ3) is 4.06. The molecule has 0 spiro atoms. The molecule has 3 aliphatic rings. The zero-order valence-corrected chi connectivity index (χ0v) is 16.9. The Bertz CT molecular complexity index is 850. The first-order chi connectivity index (χ1) is 13.1. The third-order valence-corrected chi connectivity index (χ3v) is 6.91. The molecule has 4 rings (SSSR count). The van der Waals surface area contributed by atoms with Crippen molar-refractivity contribution in [1.82, 2.24) is 5.01 Å². The van der Waals surface area contributed by atoms with Crippen molar-refractivity contribution in [2.75, 3.05) is 0 Å². The summed E-state index contributed by atoms with van der Waals surface area (Å²) < 4.78 is 5.89. The monoisotopic (exact) mass is 402 g/mol. The molecule has 1 fully saturated rings. The van der Waals surface area contributed by atoms with Gasteiger partial charge in [0.1, 0.15) is 10.8 Å². The van der Waals surface area contributed by atoms with E-state index in [2.05, 4.69) is 17.0 Å². The molecule has 8 heteroatoms. The van der Waals surface area contributed by atoms with Gasteiger partial charge in [0, 0.05) is 5.25 Å². The Balaban J connectivity index is 1.50. The normalized spacial score (nSPS) is 22.3. The lowest BCUT2D eigenvalue weighted by atomic mass is 10.0. The summed E-state index contributed by atoms with van der Waals surface area (Å²) in [5.74, 6) is 0.218. The number of hydrogen-bond donors (Lipinski definition) is 1. The maximum Gasteiger partial charge on any atom is 0.283 e. The van der Waals surface area contributed by atoms with Crippen molar-refractivity contribution in [3.8, 4) is 0 Å². The summed E-state index contributed by atoms with van der Waals surface area (Å²) >= 11 is 3.14. The average Bonchev–Trinajstić information content (AvgIpc) is 3.26. The molecule has 2 aliphatic heterocycles. The quantitative estimate of drug-likeness (QED) is 0.691. The van der Waals surface area contributed by atoms with E-state index in [4.69, 9.17) is 9.83 Å². The van der Waals surface area contributed by atoms with Gasteiger partial charge in [-0.3, -0.25) is 10.2 Å². The summed E-state index contributed by atoms with van der Waals surface area (Å²) in [6.07, 6.45) is 9.75. The second-order valence-electron chi connectivity index (χ2n) is 6.80. The van der Waals surface area contributed by atoms with Crippen LogP contribution in [0.3, 0.4) is 0 Å². The fraction of sp³-hybridized carbons (Fsp3) is 0.474. The van der Waals surface area contributed by atoms with Crippen LogP contribution in [-0.4, -0.2) is 32.2 Å². The smallest absolute Gasteiger partial charge is 0.283 e. The summed E-state index contributed by atoms with van der Waals surface area (Å²) in [6, 6.07) is 3.79. The molecule has 3 heterocycles. The molecule has 0 radical (unpaired) electrons. The number of hydrogen-bond acceptors (Lipinski definition) is 6. The Hall–Kier alpha value is -1.80. The molecule has 0 unspecified atom stereocenters. The third-order valence-electron chi connectivity index (χ3n) is 4.68. The lowest BCUT2D eigenvalue weighted by Crippen LogP contribution is -2.35. The molecule has 1 amide bonds. The van der Waals surface area contributed by atoms with Gasteiger partial charge in [-0.15, -0.1) is 0 Å². The zero-order chi connectivity index (χ0) is 18.8. The predicted octanol–water partition coefficient (Wildman–Crippen LogP) is 5.12. The van der Waals surface area contributed by atoms with Gasteiger partial charge in [-0.1, -0.05) is 37.9 Å². The number of carbonyl (C=O) groups is 1. The highest BCUT2D eigenvalue weighted by Crippen LogP contribution is 2.35. The molecular formula is C19H22N4O2S2. The Morgan fingerprint density at radius 2 is 2.19 bits per heavy atom. The lowest BCUT2D eigenvalue weighted by Gasteiger charge is -2.20. The van der Waals surface area contributed by atoms with Crippen molar-refractivity contribution in [3.05, 3.63) is 23.5 Å². The van der Waals surface area contributed by atoms with Gasteiger partial charge in [0.15, 0.2) is 10.9 Å². The molecule has 0 saturated heterocycles. The molecule has 1 aromatic heterocycles. The first kappa shape index (κ1) is 18.6. The van der Waals surface area contributed by atoms with Gasteiger partial charge in [-0.05, 0) is 55.7 Å². The first-order valence-electron chi connectivity index (χ1n) is 9.39. The van der Waals surface area contributed by atoms with Crippen molar-refractivity contribution < 1.29 is 9.21 Å². The number of carbonyl (C=O) groups excluding carboxylic acids is 1. The number of rotatable bonds is 5. The minimum atomic E-state index is -0.412. The number of fused-ring (bicyclic) bond motifs is 1. The minimum absolute atomic E-state index is 0.0569. The van der Waals surface area contributed by atoms with Crippen LogP contribution in [0.1, 0.15) is 57.6 Å². The van der Waals surface area contributed by atoms with Crippen LogP contribution in [-0.2, 0) is 4.79 Å². The van der Waals surface area contributed by atoms with Gasteiger partial charge >= 0.3 is 0 Å². The standard InChI is InChI=1S/C19H22N4O2S2/c1-2-6-15-22-23-17(20)14(18(24)21-19(23)27-15)11-12-9-10-16(25-12)26-13-7-4-3-5-8-13/h9-11,13,20H,2-8H2,1H3/b14-11-,20-17?. The van der Waals surface area contributed by atoms with Gasteiger partial charge in [-0.25, -0.2) is 0 Å². The molecule has 0 atom stereocenters. The van der Waals surface area contributed by atoms with Crippen LogP contribution in [0.5, 0.6) is 0 Å². The van der Waals surface area contributed by atoms with E-state index in [9.17, 15) is 4.79 Å². The minimum Gasteiger partial charge on any atom is -0.450 e. The van der Waals surface area contributed by atoms with Crippen LogP contribution in [0.2, 0.25) is 0 Å². The van der Waals surface area contributed by atoms with Crippen LogP contribution < -0.4 is 0 Å². The number of furan rings is 1. The van der Waals surface area contributed by atoms with Crippen molar-refractivity contribution in [2.45, 2.75) is 62.2 Å². The predicted molar refractivity (Wildman–Crippen MR) is 111 cm³/mol. The molecule has 1 aliphatic carbocycles. The number of nitrogens with one attached hydrogen (secondary N) is 1. The van der Waals surface area contributed by atoms with E-state index < -0.39 is 5.91 Å². The van der Waals surface area contributed by atoms with Crippen molar-refractivity contribution in [3.63, 3.8) is 0 Å². The summed E-state index contributed by atoms with van der Waals surface area (Å²) in [4.78, 5) is 16.5. The van der Waals surface area contributed by atoms with Crippen LogP contribution >= 0.6 is 23.5 Å². The Morgan fingerprint density at radius 1 is 1.37 bits per heavy atom. The van der Waals surface area contributed by atoms with E-state index in [0.717, 1.165) is 23.0 Å². The first-order valence-corrected chi connectivity index (χ1v) is 11.1. The molecule has 0 aromatic carbocycles. The van der Waals surface area contributed by atoms with E-state index in [-0.39, 0.29) is 11.4 Å². The van der Waals surface area contributed by atoms with E-state index in [1.54, 1.807) is 17.8 Å². The Morgan fingerprint density at radius 3 is 2.96 bits per heavy atom. The van der Waals surface area contributed by atoms with Crippen molar-refractivity contribution in [2.24, 2.45) is 10.1 Å². The number of aliphatic imine (C=N–C) groups is 1.